The molecular formula is C39H52N6O2S3. The van der Waals surface area contributed by atoms with Crippen molar-refractivity contribution in [1.82, 2.24) is 29.7 Å². The number of carbonyl (C=O) groups is 2. The molecule has 1 aromatic carbocycles. The number of amides is 2. The number of nitrogens with zero attached hydrogens (tertiary/aromatic N) is 4. The van der Waals surface area contributed by atoms with Crippen molar-refractivity contribution in [2.24, 2.45) is 29.1 Å². The van der Waals surface area contributed by atoms with Gasteiger partial charge < -0.3 is 19.8 Å². The van der Waals surface area contributed by atoms with Gasteiger partial charge in [0.15, 0.2) is 0 Å². The first-order valence-corrected chi connectivity index (χ1v) is 20.2. The van der Waals surface area contributed by atoms with Crippen molar-refractivity contribution in [3.8, 4) is 10.6 Å². The number of hydrogen-bond acceptors (Lipinski definition) is 7. The second-order valence-electron chi connectivity index (χ2n) is 15.9. The summed E-state index contributed by atoms with van der Waals surface area (Å²) in [7, 11) is 0. The van der Waals surface area contributed by atoms with Gasteiger partial charge in [0, 0.05) is 23.9 Å². The van der Waals surface area contributed by atoms with Crippen LogP contribution in [0.25, 0.3) is 21.6 Å². The number of rotatable bonds is 11. The summed E-state index contributed by atoms with van der Waals surface area (Å²) >= 11 is 11.6. The zero-order chi connectivity index (χ0) is 35.5. The van der Waals surface area contributed by atoms with E-state index in [0.29, 0.717) is 24.3 Å². The molecule has 3 aromatic heterocycles. The number of hydrogen-bond donors (Lipinski definition) is 4. The summed E-state index contributed by atoms with van der Waals surface area (Å²) in [4.78, 5) is 49.5. The van der Waals surface area contributed by atoms with Gasteiger partial charge in [0.05, 0.1) is 39.1 Å². The van der Waals surface area contributed by atoms with E-state index in [1.165, 1.54) is 15.3 Å². The molecule has 3 fully saturated rings. The second-order valence-corrected chi connectivity index (χ2v) is 18.4. The van der Waals surface area contributed by atoms with Crippen molar-refractivity contribution in [1.29, 1.82) is 0 Å². The molecular weight excluding hydrogens is 681 g/mol. The predicted molar refractivity (Wildman–Crippen MR) is 209 cm³/mol. The van der Waals surface area contributed by atoms with E-state index in [1.54, 1.807) is 11.3 Å². The normalized spacial score (nSPS) is 26.4. The number of thiophene rings is 1. The van der Waals surface area contributed by atoms with Crippen molar-refractivity contribution in [2.45, 2.75) is 103 Å². The standard InChI is InChI=1S/C39H52N6O2S3/c1-22(2)24(5)33(48)36(47)45-18-8-16-39(45,49)37-42-28-14-11-25(19-29(28)43-37)10-12-26-13-15-32(50-26)30-21-40-34(41-30)31-9-7-17-44(31)35(46)27-20-38(27,6)23(3)4/h11,13-15,19,21-24,27,31,33,48-49H,7-10,12,16-18,20H2,1-6H3,(H,40,41)(H,42,43). The van der Waals surface area contributed by atoms with Crippen LogP contribution in [0.15, 0.2) is 36.5 Å². The Hall–Kier alpha value is -2.76. The van der Waals surface area contributed by atoms with Gasteiger partial charge in [0.1, 0.15) is 16.5 Å². The largest absolute Gasteiger partial charge is 0.340 e. The number of aryl methyl sites for hydroxylation is 2. The van der Waals surface area contributed by atoms with Gasteiger partial charge in [-0.1, -0.05) is 47.6 Å². The van der Waals surface area contributed by atoms with Crippen LogP contribution >= 0.6 is 36.6 Å². The number of thiol groups is 2. The zero-order valence-corrected chi connectivity index (χ0v) is 32.8. The average Bonchev–Trinajstić information content (AvgIpc) is 3.79. The van der Waals surface area contributed by atoms with Gasteiger partial charge in [-0.05, 0) is 97.9 Å². The third-order valence-electron chi connectivity index (χ3n) is 12.3. The molecule has 1 aliphatic carbocycles. The molecule has 2 aliphatic heterocycles. The maximum absolute atomic E-state index is 13.6. The lowest BCUT2D eigenvalue weighted by molar-refractivity contribution is -0.135. The first-order valence-electron chi connectivity index (χ1n) is 18.5. The van der Waals surface area contributed by atoms with E-state index in [-0.39, 0.29) is 34.4 Å². The van der Waals surface area contributed by atoms with Crippen LogP contribution in [0, 0.1) is 29.1 Å². The fourth-order valence-corrected chi connectivity index (χ4v) is 9.87. The molecule has 3 aliphatic rings. The molecule has 1 saturated carbocycles. The van der Waals surface area contributed by atoms with E-state index in [1.807, 2.05) is 11.1 Å². The van der Waals surface area contributed by atoms with Crippen molar-refractivity contribution >= 4 is 59.4 Å². The van der Waals surface area contributed by atoms with Gasteiger partial charge in [0.25, 0.3) is 0 Å². The van der Waals surface area contributed by atoms with Gasteiger partial charge >= 0.3 is 0 Å². The minimum atomic E-state index is -0.772. The maximum atomic E-state index is 13.6. The smallest absolute Gasteiger partial charge is 0.237 e. The molecule has 4 aromatic rings. The molecule has 50 heavy (non-hydrogen) atoms. The van der Waals surface area contributed by atoms with Gasteiger partial charge in [0.2, 0.25) is 11.8 Å². The Morgan fingerprint density at radius 2 is 1.86 bits per heavy atom. The lowest BCUT2D eigenvalue weighted by Crippen LogP contribution is -2.47. The number of likely N-dealkylation sites (tertiary alicyclic amines) is 2. The Kier molecular flexibility index (Phi) is 9.73. The average molecular weight is 733 g/mol. The molecule has 7 rings (SSSR count). The maximum Gasteiger partial charge on any atom is 0.237 e. The van der Waals surface area contributed by atoms with Gasteiger partial charge in [-0.15, -0.1) is 24.0 Å². The molecule has 5 heterocycles. The Morgan fingerprint density at radius 1 is 1.06 bits per heavy atom. The van der Waals surface area contributed by atoms with Crippen molar-refractivity contribution < 1.29 is 9.59 Å². The number of H-pyrrole nitrogens is 2. The highest BCUT2D eigenvalue weighted by atomic mass is 32.1. The van der Waals surface area contributed by atoms with E-state index in [4.69, 9.17) is 35.2 Å². The molecule has 2 N–H and O–H groups in total. The lowest BCUT2D eigenvalue weighted by atomic mass is 9.91. The van der Waals surface area contributed by atoms with Crippen LogP contribution < -0.4 is 0 Å². The summed E-state index contributed by atoms with van der Waals surface area (Å²) in [6, 6.07) is 10.8. The molecule has 2 saturated heterocycles. The fourth-order valence-electron chi connectivity index (χ4n) is 7.95. The number of nitrogens with one attached hydrogen (secondary N) is 2. The molecule has 0 bridgehead atoms. The summed E-state index contributed by atoms with van der Waals surface area (Å²) in [5.41, 5.74) is 4.24. The van der Waals surface area contributed by atoms with Crippen LogP contribution in [0.1, 0.15) is 102 Å². The fraction of sp³-hybridized carbons (Fsp3) is 0.590. The van der Waals surface area contributed by atoms with E-state index < -0.39 is 4.87 Å². The van der Waals surface area contributed by atoms with Crippen molar-refractivity contribution in [3.05, 3.63) is 58.6 Å². The lowest BCUT2D eigenvalue weighted by Gasteiger charge is -2.36. The third kappa shape index (κ3) is 6.44. The molecule has 0 radical (unpaired) electrons. The summed E-state index contributed by atoms with van der Waals surface area (Å²) in [6.45, 7) is 14.6. The number of imidazole rings is 2. The highest BCUT2D eigenvalue weighted by Crippen LogP contribution is 2.59. The predicted octanol–water partition coefficient (Wildman–Crippen LogP) is 8.44. The Bertz CT molecular complexity index is 1880. The molecule has 268 valence electrons. The van der Waals surface area contributed by atoms with Gasteiger partial charge in [-0.2, -0.15) is 12.6 Å². The number of carbonyl (C=O) groups excluding carboxylic acids is 2. The highest BCUT2D eigenvalue weighted by Gasteiger charge is 2.58. The summed E-state index contributed by atoms with van der Waals surface area (Å²) in [5.74, 6) is 3.15. The third-order valence-corrected chi connectivity index (χ3v) is 14.8. The number of benzene rings is 1. The van der Waals surface area contributed by atoms with Crippen molar-refractivity contribution in [2.75, 3.05) is 13.1 Å². The second kappa shape index (κ2) is 13.7. The monoisotopic (exact) mass is 732 g/mol. The number of fused-ring (bicyclic) bond motifs is 1. The van der Waals surface area contributed by atoms with Crippen LogP contribution in [0.3, 0.4) is 0 Å². The van der Waals surface area contributed by atoms with Gasteiger partial charge in [-0.3, -0.25) is 9.59 Å². The summed E-state index contributed by atoms with van der Waals surface area (Å²) < 4.78 is 0. The van der Waals surface area contributed by atoms with E-state index >= 15 is 0 Å². The highest BCUT2D eigenvalue weighted by molar-refractivity contribution is 7.82. The van der Waals surface area contributed by atoms with Crippen LogP contribution in [-0.4, -0.2) is 59.9 Å². The summed E-state index contributed by atoms with van der Waals surface area (Å²) in [5, 5.41) is -0.370. The molecule has 0 spiro atoms. The van der Waals surface area contributed by atoms with Crippen LogP contribution in [0.2, 0.25) is 0 Å². The Labute approximate surface area is 311 Å². The number of aromatic nitrogens is 4. The molecule has 2 amide bonds. The van der Waals surface area contributed by atoms with Crippen LogP contribution in [0.4, 0.5) is 0 Å². The molecule has 11 heteroatoms. The Balaban J connectivity index is 0.995. The van der Waals surface area contributed by atoms with E-state index in [9.17, 15) is 9.59 Å². The van der Waals surface area contributed by atoms with E-state index in [0.717, 1.165) is 79.9 Å². The molecule has 6 atom stereocenters. The first-order chi connectivity index (χ1) is 23.8. The SMILES string of the molecule is CC(C)C(C)C(S)C(=O)N1CCCC1(S)c1nc2ccc(CCc3ccc(-c4cnc(C5CCCN5C(=O)C5CC5(C)C(C)C)[nH]4)s3)cc2[nH]1. The first kappa shape index (κ1) is 35.6. The van der Waals surface area contributed by atoms with Crippen LogP contribution in [-0.2, 0) is 27.3 Å². The topological polar surface area (TPSA) is 98.0 Å². The Morgan fingerprint density at radius 3 is 2.60 bits per heavy atom. The van der Waals surface area contributed by atoms with Crippen LogP contribution in [0.5, 0.6) is 0 Å². The number of aromatic amines is 2. The minimum Gasteiger partial charge on any atom is -0.340 e. The molecule has 8 nitrogen and oxygen atoms in total. The summed E-state index contributed by atoms with van der Waals surface area (Å²) in [6.07, 6.45) is 8.37. The molecule has 6 unspecified atom stereocenters. The zero-order valence-electron chi connectivity index (χ0n) is 30.2. The van der Waals surface area contributed by atoms with Gasteiger partial charge in [-0.25, -0.2) is 9.97 Å². The van der Waals surface area contributed by atoms with E-state index in [2.05, 4.69) is 86.7 Å². The minimum absolute atomic E-state index is 0.0308. The van der Waals surface area contributed by atoms with Crippen molar-refractivity contribution in [3.63, 3.8) is 0 Å². The quantitative estimate of drug-likeness (QED) is 0.116.